The summed E-state index contributed by atoms with van der Waals surface area (Å²) in [5.41, 5.74) is 1.99. The van der Waals surface area contributed by atoms with Gasteiger partial charge in [0.05, 0.1) is 17.8 Å². The lowest BCUT2D eigenvalue weighted by Gasteiger charge is -2.45. The van der Waals surface area contributed by atoms with E-state index < -0.39 is 17.4 Å². The quantitative estimate of drug-likeness (QED) is 0.568. The smallest absolute Gasteiger partial charge is 0.248 e. The van der Waals surface area contributed by atoms with Crippen molar-refractivity contribution in [1.82, 2.24) is 19.8 Å². The molecule has 1 spiro atoms. The molecule has 0 bridgehead atoms. The van der Waals surface area contributed by atoms with Gasteiger partial charge in [0, 0.05) is 54.4 Å². The van der Waals surface area contributed by atoms with Crippen LogP contribution >= 0.6 is 0 Å². The Morgan fingerprint density at radius 3 is 2.83 bits per heavy atom. The Balaban J connectivity index is 1.15. The molecule has 4 heterocycles. The van der Waals surface area contributed by atoms with Crippen molar-refractivity contribution in [3.63, 3.8) is 0 Å². The Morgan fingerprint density at radius 2 is 2.03 bits per heavy atom. The second-order valence-corrected chi connectivity index (χ2v) is 10.1. The Morgan fingerprint density at radius 1 is 1.14 bits per heavy atom. The standard InChI is InChI=1S/C27H28F2N4O2/c28-22-10-20(19-4-3-18-2-1-8-30-23(18)11-19)12-31-24(22)13-32-9-7-27(25(29)14-32)16-33(21-5-6-21)26(34)15-35-17-27/h1-4,8,10-12,21,25H,5-7,9,13-17H2/t25-,27-/m0/s1. The monoisotopic (exact) mass is 478 g/mol. The van der Waals surface area contributed by atoms with Crippen LogP contribution in [0.1, 0.15) is 25.0 Å². The van der Waals surface area contributed by atoms with Gasteiger partial charge >= 0.3 is 0 Å². The van der Waals surface area contributed by atoms with Gasteiger partial charge in [0.1, 0.15) is 18.6 Å². The van der Waals surface area contributed by atoms with Crippen LogP contribution in [0.4, 0.5) is 8.78 Å². The van der Waals surface area contributed by atoms with Gasteiger partial charge in [0.15, 0.2) is 0 Å². The predicted octanol–water partition coefficient (Wildman–Crippen LogP) is 3.99. The summed E-state index contributed by atoms with van der Waals surface area (Å²) in [6.07, 6.45) is 4.78. The number of aromatic nitrogens is 2. The van der Waals surface area contributed by atoms with Gasteiger partial charge in [-0.25, -0.2) is 8.78 Å². The number of ether oxygens (including phenoxy) is 1. The van der Waals surface area contributed by atoms with Crippen molar-refractivity contribution in [2.24, 2.45) is 5.41 Å². The molecule has 0 N–H and O–H groups in total. The molecule has 182 valence electrons. The molecule has 2 aliphatic heterocycles. The fraction of sp³-hybridized carbons (Fsp3) is 0.444. The van der Waals surface area contributed by atoms with Crippen LogP contribution in [0.25, 0.3) is 22.0 Å². The topological polar surface area (TPSA) is 58.6 Å². The van der Waals surface area contributed by atoms with Crippen molar-refractivity contribution < 1.29 is 18.3 Å². The number of benzene rings is 1. The van der Waals surface area contributed by atoms with E-state index in [1.54, 1.807) is 12.4 Å². The molecular formula is C27H28F2N4O2. The number of piperidine rings is 1. The lowest BCUT2D eigenvalue weighted by atomic mass is 9.77. The maximum absolute atomic E-state index is 15.6. The Bertz CT molecular complexity index is 1270. The third-order valence-electron chi connectivity index (χ3n) is 7.65. The average molecular weight is 479 g/mol. The zero-order valence-corrected chi connectivity index (χ0v) is 19.5. The van der Waals surface area contributed by atoms with Crippen molar-refractivity contribution in [1.29, 1.82) is 0 Å². The molecule has 0 radical (unpaired) electrons. The number of amides is 1. The van der Waals surface area contributed by atoms with E-state index in [1.165, 1.54) is 6.07 Å². The minimum absolute atomic E-state index is 0.0312. The normalized spacial score (nSPS) is 25.8. The van der Waals surface area contributed by atoms with E-state index >= 15 is 8.78 Å². The molecule has 1 amide bonds. The zero-order valence-electron chi connectivity index (χ0n) is 19.5. The highest BCUT2D eigenvalue weighted by Gasteiger charge is 2.49. The van der Waals surface area contributed by atoms with Crippen LogP contribution in [-0.4, -0.2) is 70.7 Å². The maximum atomic E-state index is 15.6. The summed E-state index contributed by atoms with van der Waals surface area (Å²) in [7, 11) is 0. The number of halogens is 2. The molecule has 1 saturated carbocycles. The highest BCUT2D eigenvalue weighted by molar-refractivity contribution is 5.83. The third-order valence-corrected chi connectivity index (χ3v) is 7.65. The molecule has 3 aliphatic rings. The number of carbonyl (C=O) groups is 1. The number of fused-ring (bicyclic) bond motifs is 1. The van der Waals surface area contributed by atoms with Crippen LogP contribution in [-0.2, 0) is 16.1 Å². The molecule has 1 aliphatic carbocycles. The molecule has 6 nitrogen and oxygen atoms in total. The van der Waals surface area contributed by atoms with Crippen molar-refractivity contribution >= 4 is 16.8 Å². The average Bonchev–Trinajstić information content (AvgIpc) is 3.71. The number of rotatable bonds is 4. The van der Waals surface area contributed by atoms with Gasteiger partial charge < -0.3 is 9.64 Å². The summed E-state index contributed by atoms with van der Waals surface area (Å²) >= 11 is 0. The van der Waals surface area contributed by atoms with E-state index in [4.69, 9.17) is 4.74 Å². The van der Waals surface area contributed by atoms with Crippen LogP contribution in [0.3, 0.4) is 0 Å². The summed E-state index contributed by atoms with van der Waals surface area (Å²) in [5.74, 6) is -0.435. The molecule has 3 aromatic rings. The first-order valence-electron chi connectivity index (χ1n) is 12.2. The number of nitrogens with zero attached hydrogens (tertiary/aromatic N) is 4. The van der Waals surface area contributed by atoms with Crippen LogP contribution in [0.5, 0.6) is 0 Å². The van der Waals surface area contributed by atoms with Crippen LogP contribution in [0, 0.1) is 11.2 Å². The molecule has 0 unspecified atom stereocenters. The summed E-state index contributed by atoms with van der Waals surface area (Å²) in [5, 5.41) is 1.02. The van der Waals surface area contributed by atoms with E-state index in [1.807, 2.05) is 40.1 Å². The number of carbonyl (C=O) groups excluding carboxylic acids is 1. The fourth-order valence-corrected chi connectivity index (χ4v) is 5.35. The first-order valence-corrected chi connectivity index (χ1v) is 12.2. The Hall–Kier alpha value is -2.97. The van der Waals surface area contributed by atoms with Gasteiger partial charge in [-0.2, -0.15) is 0 Å². The Kier molecular flexibility index (Phi) is 5.73. The molecule has 3 fully saturated rings. The van der Waals surface area contributed by atoms with Gasteiger partial charge in [-0.15, -0.1) is 0 Å². The van der Waals surface area contributed by atoms with E-state index in [0.717, 1.165) is 29.3 Å². The second kappa shape index (κ2) is 8.91. The minimum Gasteiger partial charge on any atom is -0.371 e. The summed E-state index contributed by atoms with van der Waals surface area (Å²) in [6, 6.07) is 11.4. The summed E-state index contributed by atoms with van der Waals surface area (Å²) < 4.78 is 36.2. The number of hydrogen-bond donors (Lipinski definition) is 0. The van der Waals surface area contributed by atoms with Gasteiger partial charge in [0.25, 0.3) is 0 Å². The minimum atomic E-state index is -1.16. The van der Waals surface area contributed by atoms with Crippen LogP contribution in [0.15, 0.2) is 48.8 Å². The maximum Gasteiger partial charge on any atom is 0.248 e. The van der Waals surface area contributed by atoms with E-state index in [0.29, 0.717) is 30.8 Å². The second-order valence-electron chi connectivity index (χ2n) is 10.1. The molecule has 2 atom stereocenters. The SMILES string of the molecule is O=C1COC[C@]2(CCN(Cc3ncc(-c4ccc5cccnc5c4)cc3F)C[C@@H]2F)CN1C1CC1. The first-order chi connectivity index (χ1) is 17.0. The van der Waals surface area contributed by atoms with Gasteiger partial charge in [-0.1, -0.05) is 18.2 Å². The van der Waals surface area contributed by atoms with Gasteiger partial charge in [0.2, 0.25) is 5.91 Å². The van der Waals surface area contributed by atoms with Crippen LogP contribution < -0.4 is 0 Å². The van der Waals surface area contributed by atoms with E-state index in [2.05, 4.69) is 9.97 Å². The number of pyridine rings is 2. The number of likely N-dealkylation sites (tertiary alicyclic amines) is 1. The van der Waals surface area contributed by atoms with Crippen molar-refractivity contribution in [3.05, 3.63) is 60.3 Å². The highest BCUT2D eigenvalue weighted by atomic mass is 19.1. The number of hydrogen-bond acceptors (Lipinski definition) is 5. The highest BCUT2D eigenvalue weighted by Crippen LogP contribution is 2.40. The summed E-state index contributed by atoms with van der Waals surface area (Å²) in [6.45, 7) is 1.72. The molecule has 1 aromatic carbocycles. The molecule has 35 heavy (non-hydrogen) atoms. The van der Waals surface area contributed by atoms with Gasteiger partial charge in [-0.05, 0) is 49.6 Å². The largest absolute Gasteiger partial charge is 0.371 e. The lowest BCUT2D eigenvalue weighted by Crippen LogP contribution is -2.55. The zero-order chi connectivity index (χ0) is 24.0. The summed E-state index contributed by atoms with van der Waals surface area (Å²) in [4.78, 5) is 24.9. The predicted molar refractivity (Wildman–Crippen MR) is 128 cm³/mol. The molecule has 2 aromatic heterocycles. The van der Waals surface area contributed by atoms with E-state index in [9.17, 15) is 4.79 Å². The number of alkyl halides is 1. The van der Waals surface area contributed by atoms with Crippen LogP contribution in [0.2, 0.25) is 0 Å². The van der Waals surface area contributed by atoms with Crippen molar-refractivity contribution in [3.8, 4) is 11.1 Å². The molecule has 8 heteroatoms. The molecule has 2 saturated heterocycles. The third kappa shape index (κ3) is 4.41. The molecular weight excluding hydrogens is 450 g/mol. The first kappa shape index (κ1) is 22.5. The lowest BCUT2D eigenvalue weighted by molar-refractivity contribution is -0.134. The van der Waals surface area contributed by atoms with Crippen molar-refractivity contribution in [2.45, 2.75) is 38.0 Å². The van der Waals surface area contributed by atoms with Crippen molar-refractivity contribution in [2.75, 3.05) is 32.8 Å². The Labute approximate surface area is 202 Å². The van der Waals surface area contributed by atoms with Gasteiger partial charge in [-0.3, -0.25) is 19.7 Å². The molecule has 6 rings (SSSR count). The van der Waals surface area contributed by atoms with E-state index in [-0.39, 0.29) is 38.3 Å². The fourth-order valence-electron chi connectivity index (χ4n) is 5.35.